The Balaban J connectivity index is 0.000000343. The number of carboxylic acid groups (broad SMARTS) is 2. The molecule has 2 atom stereocenters. The summed E-state index contributed by atoms with van der Waals surface area (Å²) in [5.74, 6) is -1.55. The van der Waals surface area contributed by atoms with Gasteiger partial charge in [0.15, 0.2) is 0 Å². The quantitative estimate of drug-likeness (QED) is 0.372. The van der Waals surface area contributed by atoms with Gasteiger partial charge in [-0.3, -0.25) is 10.1 Å². The van der Waals surface area contributed by atoms with Crippen molar-refractivity contribution in [2.75, 3.05) is 13.1 Å². The van der Waals surface area contributed by atoms with E-state index >= 15 is 0 Å². The van der Waals surface area contributed by atoms with E-state index in [0.29, 0.717) is 17.9 Å². The molecule has 9 heteroatoms. The van der Waals surface area contributed by atoms with Gasteiger partial charge in [-0.15, -0.1) is 0 Å². The lowest BCUT2D eigenvalue weighted by atomic mass is 9.89. The van der Waals surface area contributed by atoms with Crippen LogP contribution in [0, 0.1) is 10.1 Å². The molecule has 1 aliphatic rings. The minimum Gasteiger partial charge on any atom is -0.490 e. The monoisotopic (exact) mass is 414 g/mol. The molecule has 1 fully saturated rings. The topological polar surface area (TPSA) is 139 Å². The number of nitrogens with one attached hydrogen (secondary N) is 1. The molecule has 30 heavy (non-hydrogen) atoms. The summed E-state index contributed by atoms with van der Waals surface area (Å²) in [6, 6.07) is 16.6. The number of nitro benzene ring substituents is 1. The van der Waals surface area contributed by atoms with Crippen LogP contribution >= 0.6 is 0 Å². The lowest BCUT2D eigenvalue weighted by Gasteiger charge is -2.32. The van der Waals surface area contributed by atoms with E-state index in [0.717, 1.165) is 19.5 Å². The van der Waals surface area contributed by atoms with Crippen molar-refractivity contribution in [1.29, 1.82) is 0 Å². The van der Waals surface area contributed by atoms with Gasteiger partial charge in [-0.25, -0.2) is 9.59 Å². The second-order valence-electron chi connectivity index (χ2n) is 6.43. The van der Waals surface area contributed by atoms with Gasteiger partial charge in [0.05, 0.1) is 4.92 Å². The Morgan fingerprint density at radius 3 is 2.17 bits per heavy atom. The lowest BCUT2D eigenvalue weighted by Crippen LogP contribution is -2.41. The van der Waals surface area contributed by atoms with Gasteiger partial charge >= 0.3 is 11.9 Å². The second kappa shape index (κ2) is 11.3. The zero-order valence-electron chi connectivity index (χ0n) is 16.0. The molecule has 0 aromatic heterocycles. The van der Waals surface area contributed by atoms with E-state index in [1.54, 1.807) is 12.1 Å². The number of benzene rings is 2. The normalized spacial score (nSPS) is 18.1. The van der Waals surface area contributed by atoms with Crippen LogP contribution in [0.2, 0.25) is 0 Å². The molecule has 1 saturated heterocycles. The number of non-ortho nitro benzene ring substituents is 1. The molecule has 2 aromatic rings. The number of piperidine rings is 1. The van der Waals surface area contributed by atoms with Gasteiger partial charge in [-0.2, -0.15) is 0 Å². The molecule has 1 aliphatic heterocycles. The number of hydrogen-bond donors (Lipinski definition) is 3. The Labute approximate surface area is 172 Å². The third kappa shape index (κ3) is 7.36. The number of hydrogen-bond acceptors (Lipinski definition) is 6. The van der Waals surface area contributed by atoms with Crippen molar-refractivity contribution in [2.24, 2.45) is 0 Å². The highest BCUT2D eigenvalue weighted by Gasteiger charge is 2.28. The third-order valence-electron chi connectivity index (χ3n) is 4.35. The summed E-state index contributed by atoms with van der Waals surface area (Å²) < 4.78 is 6.09. The molecule has 0 spiro atoms. The zero-order valence-corrected chi connectivity index (χ0v) is 16.0. The van der Waals surface area contributed by atoms with Crippen LogP contribution < -0.4 is 10.1 Å². The summed E-state index contributed by atoms with van der Waals surface area (Å²) in [6.07, 6.45) is 2.10. The fourth-order valence-corrected chi connectivity index (χ4v) is 2.97. The molecule has 0 saturated carbocycles. The van der Waals surface area contributed by atoms with E-state index in [2.05, 4.69) is 17.4 Å². The van der Waals surface area contributed by atoms with Crippen LogP contribution in [0.25, 0.3) is 0 Å². The van der Waals surface area contributed by atoms with Gasteiger partial charge in [0, 0.05) is 36.7 Å². The maximum absolute atomic E-state index is 10.7. The van der Waals surface area contributed by atoms with Crippen molar-refractivity contribution in [3.8, 4) is 5.75 Å². The van der Waals surface area contributed by atoms with Crippen LogP contribution in [-0.2, 0) is 9.59 Å². The summed E-state index contributed by atoms with van der Waals surface area (Å²) in [5, 5.41) is 29.7. The molecule has 1 heterocycles. The second-order valence-corrected chi connectivity index (χ2v) is 6.43. The smallest absolute Gasteiger partial charge is 0.328 e. The highest BCUT2D eigenvalue weighted by atomic mass is 16.6. The number of carboxylic acids is 2. The van der Waals surface area contributed by atoms with Gasteiger partial charge in [-0.1, -0.05) is 30.3 Å². The predicted octanol–water partition coefficient (Wildman–Crippen LogP) is 2.83. The van der Waals surface area contributed by atoms with Crippen LogP contribution in [-0.4, -0.2) is 46.3 Å². The highest BCUT2D eigenvalue weighted by Crippen LogP contribution is 2.28. The number of nitrogens with zero attached hydrogens (tertiary/aromatic N) is 1. The first-order valence-corrected chi connectivity index (χ1v) is 9.17. The SMILES string of the molecule is O=C(O)C=CC(=O)O.O=[N+]([O-])c1ccc(OC2CCNCC2c2ccccc2)cc1. The standard InChI is InChI=1S/C17H18N2O3.C4H4O4/c20-19(21)14-6-8-15(9-7-14)22-17-10-11-18-12-16(17)13-4-2-1-3-5-13;5-3(6)1-2-4(7)8/h1-9,16-18H,10-12H2;1-2H,(H,5,6)(H,7,8). The van der Waals surface area contributed by atoms with Gasteiger partial charge in [0.25, 0.3) is 5.69 Å². The average Bonchev–Trinajstić information content (AvgIpc) is 2.74. The minimum absolute atomic E-state index is 0.0742. The maximum Gasteiger partial charge on any atom is 0.328 e. The van der Waals surface area contributed by atoms with Crippen LogP contribution in [0.4, 0.5) is 5.69 Å². The van der Waals surface area contributed by atoms with E-state index in [-0.39, 0.29) is 17.7 Å². The van der Waals surface area contributed by atoms with E-state index < -0.39 is 16.9 Å². The van der Waals surface area contributed by atoms with E-state index in [1.807, 2.05) is 18.2 Å². The Bertz CT molecular complexity index is 866. The summed E-state index contributed by atoms with van der Waals surface area (Å²) >= 11 is 0. The molecule has 3 N–H and O–H groups in total. The summed E-state index contributed by atoms with van der Waals surface area (Å²) in [4.78, 5) is 29.4. The summed E-state index contributed by atoms with van der Waals surface area (Å²) in [6.45, 7) is 1.79. The zero-order chi connectivity index (χ0) is 21.9. The Morgan fingerprint density at radius 1 is 1.03 bits per heavy atom. The maximum atomic E-state index is 10.7. The van der Waals surface area contributed by atoms with E-state index in [9.17, 15) is 19.7 Å². The Hall–Kier alpha value is -3.72. The van der Waals surface area contributed by atoms with Crippen LogP contribution in [0.1, 0.15) is 17.9 Å². The van der Waals surface area contributed by atoms with Gasteiger partial charge in [0.2, 0.25) is 0 Å². The fraction of sp³-hybridized carbons (Fsp3) is 0.238. The Morgan fingerprint density at radius 2 is 1.63 bits per heavy atom. The molecular formula is C21H22N2O7. The number of nitro groups is 1. The fourth-order valence-electron chi connectivity index (χ4n) is 2.97. The molecule has 0 radical (unpaired) electrons. The van der Waals surface area contributed by atoms with Crippen LogP contribution in [0.15, 0.2) is 66.7 Å². The number of rotatable bonds is 6. The third-order valence-corrected chi connectivity index (χ3v) is 4.35. The van der Waals surface area contributed by atoms with Gasteiger partial charge in [-0.05, 0) is 30.7 Å². The molecular weight excluding hydrogens is 392 g/mol. The van der Waals surface area contributed by atoms with Crippen molar-refractivity contribution in [2.45, 2.75) is 18.4 Å². The van der Waals surface area contributed by atoms with Crippen molar-refractivity contribution in [3.63, 3.8) is 0 Å². The molecule has 2 aromatic carbocycles. The first-order chi connectivity index (χ1) is 14.4. The molecule has 0 bridgehead atoms. The largest absolute Gasteiger partial charge is 0.490 e. The Kier molecular flexibility index (Phi) is 8.52. The van der Waals surface area contributed by atoms with Crippen LogP contribution in [0.3, 0.4) is 0 Å². The molecule has 0 aliphatic carbocycles. The molecule has 2 unspecified atom stereocenters. The lowest BCUT2D eigenvalue weighted by molar-refractivity contribution is -0.384. The van der Waals surface area contributed by atoms with Crippen molar-refractivity contribution in [3.05, 3.63) is 82.4 Å². The molecule has 158 valence electrons. The molecule has 3 rings (SSSR count). The van der Waals surface area contributed by atoms with Crippen molar-refractivity contribution >= 4 is 17.6 Å². The predicted molar refractivity (Wildman–Crippen MR) is 109 cm³/mol. The molecule has 0 amide bonds. The summed E-state index contributed by atoms with van der Waals surface area (Å²) in [5.41, 5.74) is 1.33. The van der Waals surface area contributed by atoms with Crippen molar-refractivity contribution in [1.82, 2.24) is 5.32 Å². The highest BCUT2D eigenvalue weighted by molar-refractivity contribution is 5.89. The van der Waals surface area contributed by atoms with E-state index in [1.165, 1.54) is 17.7 Å². The van der Waals surface area contributed by atoms with Crippen molar-refractivity contribution < 1.29 is 29.5 Å². The number of carbonyl (C=O) groups is 2. The van der Waals surface area contributed by atoms with Gasteiger partial charge in [0.1, 0.15) is 11.9 Å². The van der Waals surface area contributed by atoms with Crippen LogP contribution in [0.5, 0.6) is 5.75 Å². The van der Waals surface area contributed by atoms with Gasteiger partial charge < -0.3 is 20.3 Å². The molecule has 9 nitrogen and oxygen atoms in total. The first kappa shape index (κ1) is 22.6. The number of ether oxygens (including phenoxy) is 1. The first-order valence-electron chi connectivity index (χ1n) is 9.17. The number of aliphatic carboxylic acids is 2. The van der Waals surface area contributed by atoms with E-state index in [4.69, 9.17) is 14.9 Å². The average molecular weight is 414 g/mol. The summed E-state index contributed by atoms with van der Waals surface area (Å²) in [7, 11) is 0. The minimum atomic E-state index is -1.26.